The van der Waals surface area contributed by atoms with Crippen LogP contribution in [0, 0.1) is 11.6 Å². The lowest BCUT2D eigenvalue weighted by Crippen LogP contribution is -2.10. The molecule has 1 aliphatic rings. The molecule has 108 valence electrons. The van der Waals surface area contributed by atoms with Crippen LogP contribution in [0.15, 0.2) is 36.4 Å². The summed E-state index contributed by atoms with van der Waals surface area (Å²) < 4.78 is 31.2. The van der Waals surface area contributed by atoms with Crippen LogP contribution in [0.1, 0.15) is 34.3 Å². The summed E-state index contributed by atoms with van der Waals surface area (Å²) in [4.78, 5) is 11.9. The molecule has 0 aliphatic heterocycles. The van der Waals surface area contributed by atoms with Gasteiger partial charge in [0, 0.05) is 0 Å². The van der Waals surface area contributed by atoms with Crippen LogP contribution in [-0.4, -0.2) is 5.97 Å². The van der Waals surface area contributed by atoms with Crippen molar-refractivity contribution in [2.75, 3.05) is 0 Å². The number of fused-ring (bicyclic) bond motifs is 1. The first-order valence-corrected chi connectivity index (χ1v) is 6.92. The predicted octanol–water partition coefficient (Wildman–Crippen LogP) is 4.06. The summed E-state index contributed by atoms with van der Waals surface area (Å²) in [6.45, 7) is 0. The highest BCUT2D eigenvalue weighted by Gasteiger charge is 2.14. The van der Waals surface area contributed by atoms with Crippen molar-refractivity contribution in [1.82, 2.24) is 0 Å². The monoisotopic (exact) mass is 288 g/mol. The molecular weight excluding hydrogens is 274 g/mol. The van der Waals surface area contributed by atoms with Crippen molar-refractivity contribution >= 4 is 5.97 Å². The minimum absolute atomic E-state index is 0.00776. The highest BCUT2D eigenvalue weighted by Crippen LogP contribution is 2.25. The van der Waals surface area contributed by atoms with Crippen LogP contribution in [0.5, 0.6) is 5.75 Å². The molecule has 1 aliphatic carbocycles. The van der Waals surface area contributed by atoms with Gasteiger partial charge in [0.15, 0.2) is 11.6 Å². The number of carbonyl (C=O) groups excluding carboxylic acids is 1. The molecule has 2 aromatic rings. The van der Waals surface area contributed by atoms with Crippen LogP contribution in [-0.2, 0) is 12.8 Å². The highest BCUT2D eigenvalue weighted by molar-refractivity contribution is 5.91. The first kappa shape index (κ1) is 13.7. The second kappa shape index (κ2) is 5.64. The van der Waals surface area contributed by atoms with E-state index < -0.39 is 17.6 Å². The molecule has 0 radical (unpaired) electrons. The Morgan fingerprint density at radius 2 is 1.67 bits per heavy atom. The maximum atomic E-state index is 13.1. The molecule has 0 heterocycles. The van der Waals surface area contributed by atoms with E-state index in [1.54, 1.807) is 6.07 Å². The summed E-state index contributed by atoms with van der Waals surface area (Å²) in [5, 5.41) is 0. The van der Waals surface area contributed by atoms with E-state index in [9.17, 15) is 13.6 Å². The number of esters is 1. The minimum Gasteiger partial charge on any atom is -0.423 e. The van der Waals surface area contributed by atoms with Gasteiger partial charge in [0.2, 0.25) is 0 Å². The van der Waals surface area contributed by atoms with Gasteiger partial charge < -0.3 is 4.74 Å². The van der Waals surface area contributed by atoms with Gasteiger partial charge in [-0.25, -0.2) is 13.6 Å². The average molecular weight is 288 g/mol. The lowest BCUT2D eigenvalue weighted by molar-refractivity contribution is 0.0734. The summed E-state index contributed by atoms with van der Waals surface area (Å²) in [7, 11) is 0. The number of hydrogen-bond donors (Lipinski definition) is 0. The van der Waals surface area contributed by atoms with E-state index >= 15 is 0 Å². The Morgan fingerprint density at radius 1 is 0.905 bits per heavy atom. The zero-order valence-corrected chi connectivity index (χ0v) is 11.4. The maximum Gasteiger partial charge on any atom is 0.343 e. The van der Waals surface area contributed by atoms with E-state index in [0.717, 1.165) is 31.4 Å². The average Bonchev–Trinajstić information content (AvgIpc) is 2.50. The van der Waals surface area contributed by atoms with Gasteiger partial charge in [-0.15, -0.1) is 0 Å². The second-order valence-electron chi connectivity index (χ2n) is 5.16. The number of hydrogen-bond acceptors (Lipinski definition) is 2. The van der Waals surface area contributed by atoms with Gasteiger partial charge in [-0.1, -0.05) is 6.07 Å². The smallest absolute Gasteiger partial charge is 0.343 e. The van der Waals surface area contributed by atoms with Gasteiger partial charge in [0.1, 0.15) is 5.75 Å². The largest absolute Gasteiger partial charge is 0.423 e. The summed E-state index contributed by atoms with van der Waals surface area (Å²) in [5.41, 5.74) is 2.47. The lowest BCUT2D eigenvalue weighted by Gasteiger charge is -2.16. The van der Waals surface area contributed by atoms with Crippen LogP contribution < -0.4 is 4.74 Å². The Hall–Kier alpha value is -2.23. The zero-order chi connectivity index (χ0) is 14.8. The molecule has 2 aromatic carbocycles. The Kier molecular flexibility index (Phi) is 3.69. The van der Waals surface area contributed by atoms with Crippen molar-refractivity contribution in [3.8, 4) is 5.75 Å². The summed E-state index contributed by atoms with van der Waals surface area (Å²) in [5.74, 6) is -2.30. The summed E-state index contributed by atoms with van der Waals surface area (Å²) in [6, 6.07) is 8.52. The molecule has 0 atom stereocenters. The van der Waals surface area contributed by atoms with E-state index in [4.69, 9.17) is 4.74 Å². The molecule has 0 saturated heterocycles. The summed E-state index contributed by atoms with van der Waals surface area (Å²) >= 11 is 0. The maximum absolute atomic E-state index is 13.1. The number of benzene rings is 2. The molecule has 0 amide bonds. The van der Waals surface area contributed by atoms with Gasteiger partial charge >= 0.3 is 5.97 Å². The second-order valence-corrected chi connectivity index (χ2v) is 5.16. The van der Waals surface area contributed by atoms with Crippen molar-refractivity contribution in [1.29, 1.82) is 0 Å². The topological polar surface area (TPSA) is 26.3 Å². The van der Waals surface area contributed by atoms with Crippen LogP contribution in [0.25, 0.3) is 0 Å². The summed E-state index contributed by atoms with van der Waals surface area (Å²) in [6.07, 6.45) is 4.34. The van der Waals surface area contributed by atoms with Gasteiger partial charge in [0.05, 0.1) is 5.56 Å². The van der Waals surface area contributed by atoms with Gasteiger partial charge in [0.25, 0.3) is 0 Å². The standard InChI is InChI=1S/C17H14F2O2/c18-15-8-6-13(10-16(15)19)17(20)21-14-7-5-11-3-1-2-4-12(11)9-14/h5-10H,1-4H2. The number of carbonyl (C=O) groups is 1. The molecule has 0 saturated carbocycles. The van der Waals surface area contributed by atoms with Crippen molar-refractivity contribution in [3.63, 3.8) is 0 Å². The van der Waals surface area contributed by atoms with E-state index in [1.807, 2.05) is 12.1 Å². The first-order valence-electron chi connectivity index (χ1n) is 6.92. The van der Waals surface area contributed by atoms with E-state index in [0.29, 0.717) is 5.75 Å². The third-order valence-corrected chi connectivity index (χ3v) is 3.69. The SMILES string of the molecule is O=C(Oc1ccc2c(c1)CCCC2)c1ccc(F)c(F)c1. The Bertz CT molecular complexity index is 695. The number of aryl methyl sites for hydroxylation is 2. The van der Waals surface area contributed by atoms with Gasteiger partial charge in [-0.2, -0.15) is 0 Å². The van der Waals surface area contributed by atoms with Crippen molar-refractivity contribution in [3.05, 3.63) is 64.7 Å². The number of halogens is 2. The molecule has 3 rings (SSSR count). The fourth-order valence-corrected chi connectivity index (χ4v) is 2.56. The molecule has 0 N–H and O–H groups in total. The van der Waals surface area contributed by atoms with E-state index in [2.05, 4.69) is 0 Å². The van der Waals surface area contributed by atoms with Crippen molar-refractivity contribution in [2.24, 2.45) is 0 Å². The molecule has 21 heavy (non-hydrogen) atoms. The number of ether oxygens (including phenoxy) is 1. The molecule has 0 spiro atoms. The Balaban J connectivity index is 1.79. The fraction of sp³-hybridized carbons (Fsp3) is 0.235. The molecule has 4 heteroatoms. The van der Waals surface area contributed by atoms with E-state index in [-0.39, 0.29) is 5.56 Å². The molecular formula is C17H14F2O2. The van der Waals surface area contributed by atoms with Crippen molar-refractivity contribution in [2.45, 2.75) is 25.7 Å². The Morgan fingerprint density at radius 3 is 2.43 bits per heavy atom. The molecule has 0 unspecified atom stereocenters. The van der Waals surface area contributed by atoms with Crippen molar-refractivity contribution < 1.29 is 18.3 Å². The van der Waals surface area contributed by atoms with Crippen LogP contribution in [0.3, 0.4) is 0 Å². The third kappa shape index (κ3) is 2.94. The fourth-order valence-electron chi connectivity index (χ4n) is 2.56. The molecule has 0 bridgehead atoms. The normalized spacial score (nSPS) is 13.6. The third-order valence-electron chi connectivity index (χ3n) is 3.69. The van der Waals surface area contributed by atoms with E-state index in [1.165, 1.54) is 23.6 Å². The molecule has 2 nitrogen and oxygen atoms in total. The Labute approximate surface area is 121 Å². The minimum atomic E-state index is -1.06. The first-order chi connectivity index (χ1) is 10.1. The van der Waals surface area contributed by atoms with Gasteiger partial charge in [-0.3, -0.25) is 0 Å². The molecule has 0 fully saturated rings. The quantitative estimate of drug-likeness (QED) is 0.615. The molecule has 0 aromatic heterocycles. The lowest BCUT2D eigenvalue weighted by atomic mass is 9.92. The van der Waals surface area contributed by atoms with Gasteiger partial charge in [-0.05, 0) is 67.1 Å². The highest BCUT2D eigenvalue weighted by atomic mass is 19.2. The van der Waals surface area contributed by atoms with Crippen LogP contribution >= 0.6 is 0 Å². The number of rotatable bonds is 2. The zero-order valence-electron chi connectivity index (χ0n) is 11.4. The van der Waals surface area contributed by atoms with Crippen LogP contribution in [0.4, 0.5) is 8.78 Å². The van der Waals surface area contributed by atoms with Crippen LogP contribution in [0.2, 0.25) is 0 Å². The predicted molar refractivity (Wildman–Crippen MR) is 74.4 cm³/mol.